The van der Waals surface area contributed by atoms with Crippen LogP contribution in [-0.2, 0) is 17.8 Å². The molecule has 4 rings (SSSR count). The topological polar surface area (TPSA) is 75.0 Å². The van der Waals surface area contributed by atoms with Crippen molar-refractivity contribution >= 4 is 23.3 Å². The van der Waals surface area contributed by atoms with E-state index in [-0.39, 0.29) is 31.1 Å². The zero-order valence-electron chi connectivity index (χ0n) is 20.5. The molecule has 7 nitrogen and oxygen atoms in total. The number of benzene rings is 1. The second kappa shape index (κ2) is 11.4. The second-order valence-corrected chi connectivity index (χ2v) is 9.96. The lowest BCUT2D eigenvalue weighted by Gasteiger charge is -2.37. The molecule has 186 valence electrons. The summed E-state index contributed by atoms with van der Waals surface area (Å²) in [6, 6.07) is 13.3. The Bertz CT molecular complexity index is 1110. The third-order valence-corrected chi connectivity index (χ3v) is 7.23. The first-order chi connectivity index (χ1) is 17.0. The molecule has 1 aliphatic heterocycles. The highest BCUT2D eigenvalue weighted by Crippen LogP contribution is 2.34. The van der Waals surface area contributed by atoms with E-state index in [2.05, 4.69) is 42.7 Å². The fraction of sp³-hybridized carbons (Fsp3) is 0.407. The Hall–Kier alpha value is -3.26. The summed E-state index contributed by atoms with van der Waals surface area (Å²) in [7, 11) is 0. The molecule has 0 saturated heterocycles. The molecular formula is C27H33N3O4S. The Morgan fingerprint density at radius 1 is 1.23 bits per heavy atom. The number of hydrogen-bond donors (Lipinski definition) is 1. The first-order valence-corrected chi connectivity index (χ1v) is 13.0. The Labute approximate surface area is 210 Å². The predicted octanol–water partition coefficient (Wildman–Crippen LogP) is 5.20. The number of thiophene rings is 1. The molecular weight excluding hydrogens is 462 g/mol. The molecule has 1 N–H and O–H groups in total. The molecule has 0 saturated carbocycles. The van der Waals surface area contributed by atoms with Gasteiger partial charge in [0, 0.05) is 18.0 Å². The fourth-order valence-electron chi connectivity index (χ4n) is 4.31. The zero-order valence-corrected chi connectivity index (χ0v) is 21.3. The van der Waals surface area contributed by atoms with Gasteiger partial charge in [-0.15, -0.1) is 11.3 Å². The smallest absolute Gasteiger partial charge is 0.318 e. The molecule has 1 unspecified atom stereocenters. The lowest BCUT2D eigenvalue weighted by molar-refractivity contribution is -0.135. The summed E-state index contributed by atoms with van der Waals surface area (Å²) in [5.74, 6) is 1.76. The van der Waals surface area contributed by atoms with Crippen LogP contribution in [0.1, 0.15) is 54.5 Å². The summed E-state index contributed by atoms with van der Waals surface area (Å²) in [4.78, 5) is 30.9. The molecule has 35 heavy (non-hydrogen) atoms. The van der Waals surface area contributed by atoms with Crippen molar-refractivity contribution in [3.63, 3.8) is 0 Å². The van der Waals surface area contributed by atoms with Crippen LogP contribution >= 0.6 is 11.3 Å². The first kappa shape index (κ1) is 24.9. The minimum atomic E-state index is -0.288. The molecule has 1 atom stereocenters. The molecule has 3 aromatic rings. The number of ether oxygens (including phenoxy) is 1. The van der Waals surface area contributed by atoms with E-state index >= 15 is 0 Å². The Morgan fingerprint density at radius 2 is 2.03 bits per heavy atom. The van der Waals surface area contributed by atoms with Gasteiger partial charge in [0.1, 0.15) is 24.7 Å². The van der Waals surface area contributed by atoms with Crippen molar-refractivity contribution in [1.29, 1.82) is 0 Å². The fourth-order valence-corrected chi connectivity index (χ4v) is 5.23. The third kappa shape index (κ3) is 6.06. The van der Waals surface area contributed by atoms with Crippen LogP contribution in [0.15, 0.2) is 58.5 Å². The molecule has 8 heteroatoms. The summed E-state index contributed by atoms with van der Waals surface area (Å²) in [6.07, 6.45) is 2.37. The van der Waals surface area contributed by atoms with Crippen LogP contribution in [0.5, 0.6) is 5.75 Å². The van der Waals surface area contributed by atoms with Gasteiger partial charge < -0.3 is 24.3 Å². The van der Waals surface area contributed by atoms with Gasteiger partial charge in [0.2, 0.25) is 5.91 Å². The van der Waals surface area contributed by atoms with Gasteiger partial charge in [-0.1, -0.05) is 26.0 Å². The quantitative estimate of drug-likeness (QED) is 0.443. The summed E-state index contributed by atoms with van der Waals surface area (Å²) in [6.45, 7) is 7.80. The molecule has 0 fully saturated rings. The summed E-state index contributed by atoms with van der Waals surface area (Å²) >= 11 is 1.72. The molecule has 2 aromatic heterocycles. The average molecular weight is 496 g/mol. The van der Waals surface area contributed by atoms with Crippen molar-refractivity contribution < 1.29 is 18.7 Å². The van der Waals surface area contributed by atoms with Gasteiger partial charge in [0.15, 0.2) is 0 Å². The number of amides is 3. The van der Waals surface area contributed by atoms with Crippen molar-refractivity contribution in [2.75, 3.05) is 26.2 Å². The van der Waals surface area contributed by atoms with Gasteiger partial charge in [0.05, 0.1) is 18.8 Å². The van der Waals surface area contributed by atoms with E-state index in [0.29, 0.717) is 31.4 Å². The van der Waals surface area contributed by atoms with Gasteiger partial charge in [0.25, 0.3) is 0 Å². The summed E-state index contributed by atoms with van der Waals surface area (Å²) < 4.78 is 11.6. The van der Waals surface area contributed by atoms with Crippen LogP contribution in [0.4, 0.5) is 4.79 Å². The number of fused-ring (bicyclic) bond motifs is 1. The predicted molar refractivity (Wildman–Crippen MR) is 137 cm³/mol. The van der Waals surface area contributed by atoms with E-state index < -0.39 is 0 Å². The Morgan fingerprint density at radius 3 is 2.71 bits per heavy atom. The third-order valence-electron chi connectivity index (χ3n) is 6.24. The SMILES string of the molecule is CCNC(=O)N(CC(=O)N1CCc2sccc2C1COc1ccc(C(C)C)cc1)Cc1ccco1. The maximum absolute atomic E-state index is 13.5. The van der Waals surface area contributed by atoms with Crippen LogP contribution in [0.3, 0.4) is 0 Å². The number of rotatable bonds is 9. The lowest BCUT2D eigenvalue weighted by Crippen LogP contribution is -2.49. The lowest BCUT2D eigenvalue weighted by atomic mass is 10.00. The van der Waals surface area contributed by atoms with Crippen LogP contribution < -0.4 is 10.1 Å². The highest BCUT2D eigenvalue weighted by atomic mass is 32.1. The van der Waals surface area contributed by atoms with E-state index in [0.717, 1.165) is 17.7 Å². The molecule has 0 radical (unpaired) electrons. The van der Waals surface area contributed by atoms with Crippen LogP contribution in [0.25, 0.3) is 0 Å². The summed E-state index contributed by atoms with van der Waals surface area (Å²) in [5.41, 5.74) is 2.39. The molecule has 0 bridgehead atoms. The molecule has 1 aliphatic rings. The molecule has 1 aromatic carbocycles. The van der Waals surface area contributed by atoms with Crippen LogP contribution in [0.2, 0.25) is 0 Å². The number of nitrogens with one attached hydrogen (secondary N) is 1. The molecule has 0 aliphatic carbocycles. The number of carbonyl (C=O) groups is 2. The Kier molecular flexibility index (Phi) is 8.13. The maximum atomic E-state index is 13.5. The number of furan rings is 1. The molecule has 3 amide bonds. The zero-order chi connectivity index (χ0) is 24.8. The molecule has 0 spiro atoms. The van der Waals surface area contributed by atoms with Gasteiger partial charge in [-0.3, -0.25) is 4.79 Å². The van der Waals surface area contributed by atoms with Crippen molar-refractivity contribution in [3.05, 3.63) is 75.9 Å². The number of urea groups is 1. The number of hydrogen-bond acceptors (Lipinski definition) is 5. The second-order valence-electron chi connectivity index (χ2n) is 8.96. The first-order valence-electron chi connectivity index (χ1n) is 12.1. The Balaban J connectivity index is 1.49. The molecule has 3 heterocycles. The van der Waals surface area contributed by atoms with Crippen LogP contribution in [-0.4, -0.2) is 48.0 Å². The number of carbonyl (C=O) groups excluding carboxylic acids is 2. The van der Waals surface area contributed by atoms with Crippen molar-refractivity contribution in [3.8, 4) is 5.75 Å². The monoisotopic (exact) mass is 495 g/mol. The van der Waals surface area contributed by atoms with E-state index in [1.807, 2.05) is 24.0 Å². The van der Waals surface area contributed by atoms with E-state index in [9.17, 15) is 9.59 Å². The van der Waals surface area contributed by atoms with Gasteiger partial charge in [-0.25, -0.2) is 4.79 Å². The number of nitrogens with zero attached hydrogens (tertiary/aromatic N) is 2. The van der Waals surface area contributed by atoms with E-state index in [1.54, 1.807) is 29.7 Å². The van der Waals surface area contributed by atoms with Crippen molar-refractivity contribution in [1.82, 2.24) is 15.1 Å². The van der Waals surface area contributed by atoms with Crippen molar-refractivity contribution in [2.45, 2.75) is 45.7 Å². The maximum Gasteiger partial charge on any atom is 0.318 e. The largest absolute Gasteiger partial charge is 0.491 e. The van der Waals surface area contributed by atoms with Gasteiger partial charge in [-0.2, -0.15) is 0 Å². The van der Waals surface area contributed by atoms with Crippen LogP contribution in [0, 0.1) is 0 Å². The standard InChI is InChI=1S/C27H33N3O4S/c1-4-28-27(32)29(16-22-6-5-14-33-22)17-26(31)30-13-11-25-23(12-15-35-25)24(30)18-34-21-9-7-20(8-10-21)19(2)3/h5-10,12,14-15,19,24H,4,11,13,16-18H2,1-3H3,(H,28,32). The highest BCUT2D eigenvalue weighted by Gasteiger charge is 2.33. The normalized spacial score (nSPS) is 15.1. The summed E-state index contributed by atoms with van der Waals surface area (Å²) in [5, 5.41) is 4.87. The van der Waals surface area contributed by atoms with Gasteiger partial charge in [-0.05, 0) is 66.1 Å². The highest BCUT2D eigenvalue weighted by molar-refractivity contribution is 7.10. The van der Waals surface area contributed by atoms with Crippen molar-refractivity contribution in [2.24, 2.45) is 0 Å². The average Bonchev–Trinajstić information content (AvgIpc) is 3.54. The van der Waals surface area contributed by atoms with Gasteiger partial charge >= 0.3 is 6.03 Å². The minimum absolute atomic E-state index is 0.0361. The van der Waals surface area contributed by atoms with E-state index in [1.165, 1.54) is 15.3 Å². The van der Waals surface area contributed by atoms with E-state index in [4.69, 9.17) is 9.15 Å². The minimum Gasteiger partial charge on any atom is -0.491 e.